The molecular weight excluding hydrogens is 308 g/mol. The lowest BCUT2D eigenvalue weighted by Gasteiger charge is -2.23. The van der Waals surface area contributed by atoms with Crippen LogP contribution in [-0.2, 0) is 14.4 Å². The zero-order valence-corrected chi connectivity index (χ0v) is 13.2. The molecule has 0 aliphatic heterocycles. The Hall–Kier alpha value is -1.88. The number of rotatable bonds is 3. The molecule has 2 rings (SSSR count). The first-order valence-electron chi connectivity index (χ1n) is 7.08. The van der Waals surface area contributed by atoms with E-state index in [1.807, 2.05) is 0 Å². The van der Waals surface area contributed by atoms with E-state index >= 15 is 0 Å². The highest BCUT2D eigenvalue weighted by Crippen LogP contribution is 2.41. The third-order valence-corrected chi connectivity index (χ3v) is 3.79. The van der Waals surface area contributed by atoms with Gasteiger partial charge in [0, 0.05) is 38.3 Å². The number of carbonyl (C=O) groups is 3. The zero-order valence-electron chi connectivity index (χ0n) is 12.5. The number of ether oxygens (including phenoxy) is 2. The van der Waals surface area contributed by atoms with Gasteiger partial charge in [0.2, 0.25) is 0 Å². The maximum Gasteiger partial charge on any atom is 0.308 e. The van der Waals surface area contributed by atoms with Gasteiger partial charge in [-0.3, -0.25) is 14.4 Å². The summed E-state index contributed by atoms with van der Waals surface area (Å²) in [6, 6.07) is 3.04. The molecule has 6 heteroatoms. The van der Waals surface area contributed by atoms with Crippen LogP contribution in [0.15, 0.2) is 12.1 Å². The van der Waals surface area contributed by atoms with Crippen molar-refractivity contribution in [1.29, 1.82) is 0 Å². The Morgan fingerprint density at radius 1 is 1.14 bits per heavy atom. The summed E-state index contributed by atoms with van der Waals surface area (Å²) in [5, 5.41) is 0.249. The lowest BCUT2D eigenvalue weighted by molar-refractivity contribution is -0.132. The van der Waals surface area contributed by atoms with Crippen LogP contribution in [0.3, 0.4) is 0 Å². The van der Waals surface area contributed by atoms with Crippen molar-refractivity contribution in [3.63, 3.8) is 0 Å². The quantitative estimate of drug-likeness (QED) is 0.629. The van der Waals surface area contributed by atoms with Gasteiger partial charge < -0.3 is 9.47 Å². The maximum atomic E-state index is 11.7. The zero-order chi connectivity index (χ0) is 16.3. The molecule has 1 aliphatic rings. The molecule has 1 aromatic rings. The molecule has 0 spiro atoms. The van der Waals surface area contributed by atoms with Gasteiger partial charge in [0.05, 0.1) is 5.02 Å². The largest absolute Gasteiger partial charge is 0.426 e. The molecule has 0 aromatic heterocycles. The SMILES string of the molecule is CC(=O)Oc1cc(OC(C)=O)c(C2CCCC(=O)C2)cc1Cl. The van der Waals surface area contributed by atoms with Gasteiger partial charge >= 0.3 is 11.9 Å². The lowest BCUT2D eigenvalue weighted by atomic mass is 9.83. The number of hydrogen-bond acceptors (Lipinski definition) is 5. The molecule has 0 heterocycles. The number of benzene rings is 1. The van der Waals surface area contributed by atoms with Crippen LogP contribution in [0.4, 0.5) is 0 Å². The standard InChI is InChI=1S/C16H17ClO5/c1-9(18)21-15-8-16(22-10(2)19)14(17)7-13(15)11-4-3-5-12(20)6-11/h7-8,11H,3-6H2,1-2H3. The number of halogens is 1. The highest BCUT2D eigenvalue weighted by atomic mass is 35.5. The molecule has 0 radical (unpaired) electrons. The molecule has 0 saturated heterocycles. The summed E-state index contributed by atoms with van der Waals surface area (Å²) in [6.07, 6.45) is 2.60. The van der Waals surface area contributed by atoms with E-state index in [-0.39, 0.29) is 28.2 Å². The first kappa shape index (κ1) is 16.5. The van der Waals surface area contributed by atoms with Crippen molar-refractivity contribution in [2.75, 3.05) is 0 Å². The summed E-state index contributed by atoms with van der Waals surface area (Å²) in [6.45, 7) is 2.55. The Balaban J connectivity index is 2.41. The van der Waals surface area contributed by atoms with Gasteiger partial charge in [0.15, 0.2) is 5.75 Å². The van der Waals surface area contributed by atoms with E-state index in [0.29, 0.717) is 18.4 Å². The fourth-order valence-electron chi connectivity index (χ4n) is 2.64. The number of ketones is 1. The van der Waals surface area contributed by atoms with Crippen LogP contribution in [0, 0.1) is 0 Å². The van der Waals surface area contributed by atoms with Crippen LogP contribution in [0.2, 0.25) is 5.02 Å². The van der Waals surface area contributed by atoms with Crippen molar-refractivity contribution in [2.45, 2.75) is 45.4 Å². The Morgan fingerprint density at radius 3 is 2.36 bits per heavy atom. The van der Waals surface area contributed by atoms with Gasteiger partial charge in [-0.15, -0.1) is 0 Å². The number of carbonyl (C=O) groups excluding carboxylic acids is 3. The highest BCUT2D eigenvalue weighted by molar-refractivity contribution is 6.32. The van der Waals surface area contributed by atoms with Gasteiger partial charge in [-0.25, -0.2) is 0 Å². The predicted molar refractivity (Wildman–Crippen MR) is 80.3 cm³/mol. The van der Waals surface area contributed by atoms with Crippen LogP contribution in [0.25, 0.3) is 0 Å². The molecule has 0 amide bonds. The van der Waals surface area contributed by atoms with Crippen LogP contribution in [0.1, 0.15) is 51.0 Å². The van der Waals surface area contributed by atoms with Crippen molar-refractivity contribution in [1.82, 2.24) is 0 Å². The molecule has 0 bridgehead atoms. The summed E-state index contributed by atoms with van der Waals surface area (Å²) < 4.78 is 10.2. The summed E-state index contributed by atoms with van der Waals surface area (Å²) >= 11 is 6.13. The third kappa shape index (κ3) is 4.07. The Bertz CT molecular complexity index is 623. The second-order valence-corrected chi connectivity index (χ2v) is 5.75. The van der Waals surface area contributed by atoms with Gasteiger partial charge in [-0.1, -0.05) is 11.6 Å². The highest BCUT2D eigenvalue weighted by Gasteiger charge is 2.26. The normalized spacial score (nSPS) is 18.0. The third-order valence-electron chi connectivity index (χ3n) is 3.49. The van der Waals surface area contributed by atoms with Gasteiger partial charge in [0.25, 0.3) is 0 Å². The lowest BCUT2D eigenvalue weighted by Crippen LogP contribution is -2.15. The molecule has 1 aromatic carbocycles. The van der Waals surface area contributed by atoms with Crippen molar-refractivity contribution >= 4 is 29.3 Å². The Morgan fingerprint density at radius 2 is 1.77 bits per heavy atom. The number of hydrogen-bond donors (Lipinski definition) is 0. The molecular formula is C16H17ClO5. The van der Waals surface area contributed by atoms with E-state index in [1.54, 1.807) is 6.07 Å². The number of Topliss-reactive ketones (excluding diaryl/α,β-unsaturated/α-hetero) is 1. The average molecular weight is 325 g/mol. The van der Waals surface area contributed by atoms with Gasteiger partial charge in [0.1, 0.15) is 11.5 Å². The average Bonchev–Trinajstić information content (AvgIpc) is 2.41. The second-order valence-electron chi connectivity index (χ2n) is 5.34. The van der Waals surface area contributed by atoms with Crippen molar-refractivity contribution in [2.24, 2.45) is 0 Å². The van der Waals surface area contributed by atoms with Gasteiger partial charge in [-0.05, 0) is 24.8 Å². The van der Waals surface area contributed by atoms with Crippen LogP contribution in [0.5, 0.6) is 11.5 Å². The first-order chi connectivity index (χ1) is 10.4. The van der Waals surface area contributed by atoms with E-state index in [9.17, 15) is 14.4 Å². The molecule has 1 saturated carbocycles. The van der Waals surface area contributed by atoms with Crippen molar-refractivity contribution in [3.05, 3.63) is 22.7 Å². The van der Waals surface area contributed by atoms with E-state index in [2.05, 4.69) is 0 Å². The smallest absolute Gasteiger partial charge is 0.308 e. The molecule has 1 atom stereocenters. The summed E-state index contributed by atoms with van der Waals surface area (Å²) in [5.74, 6) is -0.440. The second kappa shape index (κ2) is 6.92. The number of esters is 2. The van der Waals surface area contributed by atoms with Crippen molar-refractivity contribution < 1.29 is 23.9 Å². The fraction of sp³-hybridized carbons (Fsp3) is 0.438. The monoisotopic (exact) mass is 324 g/mol. The molecule has 118 valence electrons. The predicted octanol–water partition coefficient (Wildman–Crippen LogP) is 3.42. The van der Waals surface area contributed by atoms with Crippen LogP contribution < -0.4 is 9.47 Å². The minimum absolute atomic E-state index is 0.0421. The van der Waals surface area contributed by atoms with E-state index in [4.69, 9.17) is 21.1 Å². The van der Waals surface area contributed by atoms with E-state index in [1.165, 1.54) is 19.9 Å². The summed E-state index contributed by atoms with van der Waals surface area (Å²) in [4.78, 5) is 34.1. The van der Waals surface area contributed by atoms with E-state index < -0.39 is 11.9 Å². The van der Waals surface area contributed by atoms with Crippen LogP contribution in [-0.4, -0.2) is 17.7 Å². The Kier molecular flexibility index (Phi) is 5.19. The molecule has 5 nitrogen and oxygen atoms in total. The minimum atomic E-state index is -0.517. The maximum absolute atomic E-state index is 11.7. The van der Waals surface area contributed by atoms with Crippen LogP contribution >= 0.6 is 11.6 Å². The first-order valence-corrected chi connectivity index (χ1v) is 7.46. The summed E-state index contributed by atoms with van der Waals surface area (Å²) in [5.41, 5.74) is 0.698. The molecule has 1 fully saturated rings. The van der Waals surface area contributed by atoms with Gasteiger partial charge in [-0.2, -0.15) is 0 Å². The topological polar surface area (TPSA) is 69.7 Å². The van der Waals surface area contributed by atoms with E-state index in [0.717, 1.165) is 12.8 Å². The Labute approximate surface area is 133 Å². The molecule has 22 heavy (non-hydrogen) atoms. The summed E-state index contributed by atoms with van der Waals surface area (Å²) in [7, 11) is 0. The van der Waals surface area contributed by atoms with Crippen molar-refractivity contribution in [3.8, 4) is 11.5 Å². The molecule has 0 N–H and O–H groups in total. The molecule has 1 unspecified atom stereocenters. The fourth-order valence-corrected chi connectivity index (χ4v) is 2.85. The molecule has 1 aliphatic carbocycles. The minimum Gasteiger partial charge on any atom is -0.426 e.